The van der Waals surface area contributed by atoms with Crippen LogP contribution in [0.4, 0.5) is 9.18 Å². The van der Waals surface area contributed by atoms with E-state index < -0.39 is 6.17 Å². The molecule has 0 aromatic rings. The lowest BCUT2D eigenvalue weighted by Crippen LogP contribution is -2.75. The molecule has 0 bridgehead atoms. The summed E-state index contributed by atoms with van der Waals surface area (Å²) in [5, 5.41) is 13.7. The first-order chi connectivity index (χ1) is 17.3. The molecule has 8 atom stereocenters. The van der Waals surface area contributed by atoms with Crippen molar-refractivity contribution < 1.29 is 23.8 Å². The third-order valence-electron chi connectivity index (χ3n) is 10.6. The molecule has 202 valence electrons. The Bertz CT molecular complexity index is 865. The Kier molecular flexibility index (Phi) is 6.48. The Balaban J connectivity index is 1.24. The number of hydrogen-bond donors (Lipinski definition) is 2. The fourth-order valence-corrected chi connectivity index (χ4v) is 8.74. The van der Waals surface area contributed by atoms with Gasteiger partial charge in [0.1, 0.15) is 6.17 Å². The number of methoxy groups -OCH3 is 1. The van der Waals surface area contributed by atoms with E-state index in [0.29, 0.717) is 50.4 Å². The molecule has 3 heterocycles. The second-order valence-electron chi connectivity index (χ2n) is 12.7. The van der Waals surface area contributed by atoms with Gasteiger partial charge in [-0.1, -0.05) is 0 Å². The van der Waals surface area contributed by atoms with E-state index in [9.17, 15) is 19.1 Å². The quantitative estimate of drug-likeness (QED) is 0.609. The Morgan fingerprint density at radius 1 is 1.08 bits per heavy atom. The fraction of sp³-hybridized carbons (Fsp3) is 0.926. The summed E-state index contributed by atoms with van der Waals surface area (Å²) in [5.74, 6) is 1.09. The highest BCUT2D eigenvalue weighted by molar-refractivity contribution is 5.82. The van der Waals surface area contributed by atoms with Crippen LogP contribution in [-0.2, 0) is 9.53 Å². The number of nitrogens with one attached hydrogen (secondary N) is 1. The van der Waals surface area contributed by atoms with Gasteiger partial charge in [-0.2, -0.15) is 0 Å². The van der Waals surface area contributed by atoms with E-state index in [2.05, 4.69) is 17.3 Å². The predicted molar refractivity (Wildman–Crippen MR) is 132 cm³/mol. The lowest BCUT2D eigenvalue weighted by Gasteiger charge is -2.62. The van der Waals surface area contributed by atoms with Crippen molar-refractivity contribution >= 4 is 11.9 Å². The van der Waals surface area contributed by atoms with E-state index in [0.717, 1.165) is 44.9 Å². The molecule has 9 heteroatoms. The number of carbonyl (C=O) groups excluding carboxylic acids is 2. The topological polar surface area (TPSA) is 85.4 Å². The number of amides is 3. The number of piperidine rings is 1. The molecule has 3 saturated heterocycles. The molecule has 6 aliphatic rings. The van der Waals surface area contributed by atoms with Crippen LogP contribution in [0.2, 0.25) is 0 Å². The lowest BCUT2D eigenvalue weighted by atomic mass is 9.57. The van der Waals surface area contributed by atoms with Crippen molar-refractivity contribution in [2.24, 2.45) is 23.2 Å². The first-order valence-corrected chi connectivity index (χ1v) is 14.2. The number of urea groups is 1. The van der Waals surface area contributed by atoms with Gasteiger partial charge in [-0.15, -0.1) is 0 Å². The van der Waals surface area contributed by atoms with Gasteiger partial charge in [0.15, 0.2) is 0 Å². The first kappa shape index (κ1) is 24.9. The van der Waals surface area contributed by atoms with Gasteiger partial charge in [0.25, 0.3) is 0 Å². The molecule has 8 nitrogen and oxygen atoms in total. The van der Waals surface area contributed by atoms with Crippen LogP contribution in [0.3, 0.4) is 0 Å². The Labute approximate surface area is 213 Å². The van der Waals surface area contributed by atoms with Crippen molar-refractivity contribution in [3.05, 3.63) is 0 Å². The number of fused-ring (bicyclic) bond motifs is 4. The van der Waals surface area contributed by atoms with E-state index in [1.165, 1.54) is 0 Å². The molecule has 3 aliphatic carbocycles. The molecule has 0 radical (unpaired) electrons. The highest BCUT2D eigenvalue weighted by atomic mass is 19.1. The number of aliphatic hydroxyl groups is 1. The number of aliphatic hydroxyl groups excluding tert-OH is 1. The maximum atomic E-state index is 13.9. The number of halogens is 1. The molecule has 3 aliphatic heterocycles. The molecule has 3 saturated carbocycles. The summed E-state index contributed by atoms with van der Waals surface area (Å²) >= 11 is 0. The lowest BCUT2D eigenvalue weighted by molar-refractivity contribution is -0.161. The fourth-order valence-electron chi connectivity index (χ4n) is 8.74. The van der Waals surface area contributed by atoms with E-state index in [1.807, 2.05) is 9.80 Å². The number of nitrogens with zero attached hydrogens (tertiary/aromatic N) is 3. The van der Waals surface area contributed by atoms with Gasteiger partial charge in [0.2, 0.25) is 5.91 Å². The predicted octanol–water partition coefficient (Wildman–Crippen LogP) is 2.01. The van der Waals surface area contributed by atoms with Crippen molar-refractivity contribution in [2.75, 3.05) is 40.4 Å². The molecule has 7 unspecified atom stereocenters. The normalized spacial score (nSPS) is 42.0. The minimum Gasteiger partial charge on any atom is -0.394 e. The summed E-state index contributed by atoms with van der Waals surface area (Å²) < 4.78 is 19.6. The van der Waals surface area contributed by atoms with E-state index in [1.54, 1.807) is 7.11 Å². The van der Waals surface area contributed by atoms with Crippen LogP contribution in [0.5, 0.6) is 0 Å². The Hall–Kier alpha value is -1.45. The van der Waals surface area contributed by atoms with Crippen LogP contribution in [0.25, 0.3) is 0 Å². The summed E-state index contributed by atoms with van der Waals surface area (Å²) in [6.07, 6.45) is 7.07. The molecule has 0 aromatic carbocycles. The largest absolute Gasteiger partial charge is 0.394 e. The van der Waals surface area contributed by atoms with Crippen LogP contribution < -0.4 is 5.32 Å². The highest BCUT2D eigenvalue weighted by Crippen LogP contribution is 2.58. The zero-order valence-electron chi connectivity index (χ0n) is 21.8. The molecule has 0 aromatic heterocycles. The van der Waals surface area contributed by atoms with Crippen LogP contribution in [0.15, 0.2) is 0 Å². The maximum absolute atomic E-state index is 13.9. The first-order valence-electron chi connectivity index (χ1n) is 14.2. The number of likely N-dealkylation sites (N-methyl/N-ethyl adjacent to an activating group) is 1. The van der Waals surface area contributed by atoms with Crippen LogP contribution in [-0.4, -0.2) is 109 Å². The van der Waals surface area contributed by atoms with Crippen molar-refractivity contribution in [1.29, 1.82) is 0 Å². The van der Waals surface area contributed by atoms with Crippen LogP contribution >= 0.6 is 0 Å². The molecule has 6 rings (SSSR count). The van der Waals surface area contributed by atoms with E-state index in [-0.39, 0.29) is 54.1 Å². The summed E-state index contributed by atoms with van der Waals surface area (Å²) in [6.45, 7) is 1.86. The van der Waals surface area contributed by atoms with Gasteiger partial charge in [-0.3, -0.25) is 9.69 Å². The van der Waals surface area contributed by atoms with Crippen molar-refractivity contribution in [2.45, 2.75) is 94.2 Å². The summed E-state index contributed by atoms with van der Waals surface area (Å²) in [6, 6.07) is 0.0820. The zero-order valence-corrected chi connectivity index (χ0v) is 21.8. The third-order valence-corrected chi connectivity index (χ3v) is 10.6. The van der Waals surface area contributed by atoms with Gasteiger partial charge in [0.05, 0.1) is 18.8 Å². The van der Waals surface area contributed by atoms with Crippen molar-refractivity contribution in [1.82, 2.24) is 20.0 Å². The molecule has 1 spiro atoms. The Morgan fingerprint density at radius 3 is 2.53 bits per heavy atom. The summed E-state index contributed by atoms with van der Waals surface area (Å²) in [7, 11) is 3.96. The molecule has 2 N–H and O–H groups in total. The number of hydrogen-bond acceptors (Lipinski definition) is 5. The van der Waals surface area contributed by atoms with Crippen LogP contribution in [0, 0.1) is 23.2 Å². The molecule has 6 fully saturated rings. The zero-order chi connectivity index (χ0) is 25.2. The monoisotopic (exact) mass is 506 g/mol. The minimum atomic E-state index is -0.823. The Morgan fingerprint density at radius 2 is 1.86 bits per heavy atom. The van der Waals surface area contributed by atoms with Gasteiger partial charge in [-0.05, 0) is 76.7 Å². The molecular formula is C27H43FN4O4. The second-order valence-corrected chi connectivity index (χ2v) is 12.7. The number of alkyl halides is 1. The molecule has 3 amide bonds. The van der Waals surface area contributed by atoms with Gasteiger partial charge < -0.3 is 25.0 Å². The number of rotatable bonds is 4. The summed E-state index contributed by atoms with van der Waals surface area (Å²) in [5.41, 5.74) is -0.152. The van der Waals surface area contributed by atoms with Gasteiger partial charge in [0, 0.05) is 56.2 Å². The third kappa shape index (κ3) is 4.04. The highest BCUT2D eigenvalue weighted by Gasteiger charge is 2.67. The smallest absolute Gasteiger partial charge is 0.317 e. The average Bonchev–Trinajstić information content (AvgIpc) is 3.66. The van der Waals surface area contributed by atoms with Gasteiger partial charge >= 0.3 is 6.03 Å². The number of carbonyl (C=O) groups is 2. The standard InChI is InChI=1S/C27H43FN4O4/c1-30-21-11-19(36-2)8-9-20(21)23-24(30)22(12-33)32(25(34)16-6-7-16)15-27(23)13-31(14-27)26(35)29-18-5-3-4-17(28)10-18/h16-24,33H,3-15H2,1-2H3,(H,29,35)/t17?,18?,19?,20?,21?,22-,23?,24?/m1/s1. The number of likely N-dealkylation sites (tertiary alicyclic amines) is 3. The second kappa shape index (κ2) is 9.38. The van der Waals surface area contributed by atoms with Crippen molar-refractivity contribution in [3.8, 4) is 0 Å². The van der Waals surface area contributed by atoms with Crippen molar-refractivity contribution in [3.63, 3.8) is 0 Å². The van der Waals surface area contributed by atoms with E-state index >= 15 is 0 Å². The number of ether oxygens (including phenoxy) is 1. The summed E-state index contributed by atoms with van der Waals surface area (Å²) in [4.78, 5) is 32.9. The van der Waals surface area contributed by atoms with E-state index in [4.69, 9.17) is 4.74 Å². The van der Waals surface area contributed by atoms with Crippen LogP contribution in [0.1, 0.15) is 57.8 Å². The molecule has 36 heavy (non-hydrogen) atoms. The minimum absolute atomic E-state index is 0.0243. The SMILES string of the molecule is COC1CCC2C(C1)N(C)C1C2C2(CN(C(=O)NC3CCCC(F)C3)C2)CN(C(=O)C2CC2)[C@@H]1CO. The maximum Gasteiger partial charge on any atom is 0.317 e. The average molecular weight is 507 g/mol. The van der Waals surface area contributed by atoms with Gasteiger partial charge in [-0.25, -0.2) is 9.18 Å². The molecular weight excluding hydrogens is 463 g/mol.